The van der Waals surface area contributed by atoms with E-state index >= 15 is 0 Å². The van der Waals surface area contributed by atoms with E-state index in [0.717, 1.165) is 26.1 Å². The molecule has 2 heterocycles. The average Bonchev–Trinajstić information content (AvgIpc) is 2.30. The normalized spacial score (nSPS) is 32.8. The molecule has 0 aromatic rings. The van der Waals surface area contributed by atoms with Gasteiger partial charge in [0.15, 0.2) is 0 Å². The lowest BCUT2D eigenvalue weighted by molar-refractivity contribution is -0.108. The summed E-state index contributed by atoms with van der Waals surface area (Å²) in [5.41, 5.74) is 6.16. The van der Waals surface area contributed by atoms with E-state index in [1.165, 1.54) is 0 Å². The second kappa shape index (κ2) is 5.07. The Bertz CT molecular complexity index is 147. The van der Waals surface area contributed by atoms with Crippen molar-refractivity contribution < 1.29 is 14.2 Å². The van der Waals surface area contributed by atoms with E-state index in [0.29, 0.717) is 25.7 Å². The van der Waals surface area contributed by atoms with Crippen LogP contribution in [0.25, 0.3) is 0 Å². The highest BCUT2D eigenvalue weighted by molar-refractivity contribution is 4.83. The highest BCUT2D eigenvalue weighted by atomic mass is 16.6. The van der Waals surface area contributed by atoms with Crippen LogP contribution in [0, 0.1) is 5.92 Å². The molecule has 2 aliphatic rings. The van der Waals surface area contributed by atoms with Gasteiger partial charge in [-0.05, 0) is 18.8 Å². The van der Waals surface area contributed by atoms with E-state index in [1.807, 2.05) is 0 Å². The zero-order valence-corrected chi connectivity index (χ0v) is 8.48. The van der Waals surface area contributed by atoms with Crippen molar-refractivity contribution in [2.75, 3.05) is 33.0 Å². The Morgan fingerprint density at radius 2 is 1.79 bits per heavy atom. The topological polar surface area (TPSA) is 53.7 Å². The first-order valence-electron chi connectivity index (χ1n) is 5.40. The SMILES string of the molecule is NC(C1CCOCC1)C1COCCO1. The first-order valence-corrected chi connectivity index (χ1v) is 5.40. The van der Waals surface area contributed by atoms with Crippen LogP contribution in [0.3, 0.4) is 0 Å². The van der Waals surface area contributed by atoms with Gasteiger partial charge in [-0.1, -0.05) is 0 Å². The second-order valence-electron chi connectivity index (χ2n) is 4.01. The zero-order valence-electron chi connectivity index (χ0n) is 8.48. The third-order valence-corrected chi connectivity index (χ3v) is 3.08. The fourth-order valence-electron chi connectivity index (χ4n) is 2.13. The van der Waals surface area contributed by atoms with Crippen molar-refractivity contribution >= 4 is 0 Å². The van der Waals surface area contributed by atoms with Crippen molar-refractivity contribution in [3.8, 4) is 0 Å². The number of hydrogen-bond donors (Lipinski definition) is 1. The van der Waals surface area contributed by atoms with Crippen molar-refractivity contribution in [1.29, 1.82) is 0 Å². The van der Waals surface area contributed by atoms with Crippen molar-refractivity contribution in [2.24, 2.45) is 11.7 Å². The van der Waals surface area contributed by atoms with E-state index in [1.54, 1.807) is 0 Å². The Morgan fingerprint density at radius 3 is 2.43 bits per heavy atom. The maximum atomic E-state index is 6.16. The van der Waals surface area contributed by atoms with Crippen LogP contribution in [0.4, 0.5) is 0 Å². The standard InChI is InChI=1S/C10H19NO3/c11-10(8-1-3-12-4-2-8)9-7-13-5-6-14-9/h8-10H,1-7,11H2. The minimum absolute atomic E-state index is 0.0897. The molecule has 2 aliphatic heterocycles. The smallest absolute Gasteiger partial charge is 0.0962 e. The molecule has 82 valence electrons. The largest absolute Gasteiger partial charge is 0.381 e. The molecule has 4 nitrogen and oxygen atoms in total. The predicted octanol–water partition coefficient (Wildman–Crippen LogP) is 0.156. The molecule has 4 heteroatoms. The van der Waals surface area contributed by atoms with Crippen LogP contribution in [0.15, 0.2) is 0 Å². The first kappa shape index (κ1) is 10.4. The number of hydrogen-bond acceptors (Lipinski definition) is 4. The van der Waals surface area contributed by atoms with Gasteiger partial charge in [-0.3, -0.25) is 0 Å². The van der Waals surface area contributed by atoms with Crippen LogP contribution in [0.1, 0.15) is 12.8 Å². The van der Waals surface area contributed by atoms with Gasteiger partial charge >= 0.3 is 0 Å². The molecule has 2 unspecified atom stereocenters. The minimum Gasteiger partial charge on any atom is -0.381 e. The first-order chi connectivity index (χ1) is 6.88. The van der Waals surface area contributed by atoms with Gasteiger partial charge < -0.3 is 19.9 Å². The van der Waals surface area contributed by atoms with Crippen molar-refractivity contribution in [2.45, 2.75) is 25.0 Å². The fraction of sp³-hybridized carbons (Fsp3) is 1.00. The summed E-state index contributed by atoms with van der Waals surface area (Å²) in [6.07, 6.45) is 2.20. The summed E-state index contributed by atoms with van der Waals surface area (Å²) in [5, 5.41) is 0. The summed E-state index contributed by atoms with van der Waals surface area (Å²) in [7, 11) is 0. The van der Waals surface area contributed by atoms with Crippen molar-refractivity contribution in [3.63, 3.8) is 0 Å². The molecule has 2 saturated heterocycles. The lowest BCUT2D eigenvalue weighted by atomic mass is 9.89. The number of nitrogens with two attached hydrogens (primary N) is 1. The van der Waals surface area contributed by atoms with Crippen LogP contribution in [-0.2, 0) is 14.2 Å². The van der Waals surface area contributed by atoms with Gasteiger partial charge in [0.2, 0.25) is 0 Å². The van der Waals surface area contributed by atoms with Gasteiger partial charge in [-0.2, -0.15) is 0 Å². The maximum absolute atomic E-state index is 6.16. The summed E-state index contributed by atoms with van der Waals surface area (Å²) in [6.45, 7) is 3.72. The summed E-state index contributed by atoms with van der Waals surface area (Å²) in [5.74, 6) is 0.537. The Kier molecular flexibility index (Phi) is 3.75. The molecule has 2 fully saturated rings. The van der Waals surface area contributed by atoms with Crippen molar-refractivity contribution in [3.05, 3.63) is 0 Å². The molecule has 2 N–H and O–H groups in total. The Morgan fingerprint density at radius 1 is 1.00 bits per heavy atom. The predicted molar refractivity (Wildman–Crippen MR) is 52.1 cm³/mol. The molecule has 0 aromatic carbocycles. The van der Waals surface area contributed by atoms with E-state index in [-0.39, 0.29) is 12.1 Å². The Balaban J connectivity index is 1.82. The average molecular weight is 201 g/mol. The molecule has 2 rings (SSSR count). The third-order valence-electron chi connectivity index (χ3n) is 3.08. The van der Waals surface area contributed by atoms with Gasteiger partial charge in [-0.25, -0.2) is 0 Å². The van der Waals surface area contributed by atoms with E-state index in [4.69, 9.17) is 19.9 Å². The fourth-order valence-corrected chi connectivity index (χ4v) is 2.13. The van der Waals surface area contributed by atoms with Crippen LogP contribution in [0.5, 0.6) is 0 Å². The molecule has 0 saturated carbocycles. The molecule has 0 aromatic heterocycles. The zero-order chi connectivity index (χ0) is 9.80. The molecular formula is C10H19NO3. The number of rotatable bonds is 2. The highest BCUT2D eigenvalue weighted by Crippen LogP contribution is 2.21. The maximum Gasteiger partial charge on any atom is 0.0962 e. The third kappa shape index (κ3) is 2.45. The summed E-state index contributed by atoms with van der Waals surface area (Å²) in [4.78, 5) is 0. The Hall–Kier alpha value is -0.160. The Labute approximate surface area is 84.7 Å². The molecular weight excluding hydrogens is 182 g/mol. The molecule has 0 spiro atoms. The highest BCUT2D eigenvalue weighted by Gasteiger charge is 2.29. The van der Waals surface area contributed by atoms with Crippen LogP contribution in [0.2, 0.25) is 0 Å². The molecule has 14 heavy (non-hydrogen) atoms. The van der Waals surface area contributed by atoms with E-state index in [9.17, 15) is 0 Å². The molecule has 2 atom stereocenters. The lowest BCUT2D eigenvalue weighted by Crippen LogP contribution is -2.49. The molecule has 0 aliphatic carbocycles. The van der Waals surface area contributed by atoms with Crippen LogP contribution < -0.4 is 5.73 Å². The lowest BCUT2D eigenvalue weighted by Gasteiger charge is -2.34. The molecule has 0 radical (unpaired) electrons. The quantitative estimate of drug-likeness (QED) is 0.691. The van der Waals surface area contributed by atoms with Gasteiger partial charge in [-0.15, -0.1) is 0 Å². The van der Waals surface area contributed by atoms with Crippen LogP contribution in [-0.4, -0.2) is 45.2 Å². The monoisotopic (exact) mass is 201 g/mol. The van der Waals surface area contributed by atoms with Gasteiger partial charge in [0.25, 0.3) is 0 Å². The summed E-state index contributed by atoms with van der Waals surface area (Å²) >= 11 is 0. The second-order valence-corrected chi connectivity index (χ2v) is 4.01. The molecule has 0 amide bonds. The van der Waals surface area contributed by atoms with Crippen LogP contribution >= 0.6 is 0 Å². The summed E-state index contributed by atoms with van der Waals surface area (Å²) in [6, 6.07) is 0.110. The van der Waals surface area contributed by atoms with Gasteiger partial charge in [0.1, 0.15) is 0 Å². The van der Waals surface area contributed by atoms with Gasteiger partial charge in [0.05, 0.1) is 25.9 Å². The van der Waals surface area contributed by atoms with E-state index < -0.39 is 0 Å². The number of ether oxygens (including phenoxy) is 3. The van der Waals surface area contributed by atoms with Gasteiger partial charge in [0, 0.05) is 19.3 Å². The summed E-state index contributed by atoms with van der Waals surface area (Å²) < 4.78 is 16.3. The van der Waals surface area contributed by atoms with E-state index in [2.05, 4.69) is 0 Å². The minimum atomic E-state index is 0.0897. The van der Waals surface area contributed by atoms with Crippen molar-refractivity contribution in [1.82, 2.24) is 0 Å². The molecule has 0 bridgehead atoms.